The maximum atomic E-state index is 5.94. The van der Waals surface area contributed by atoms with E-state index in [1.807, 2.05) is 0 Å². The molecule has 1 aromatic rings. The first-order valence-electron chi connectivity index (χ1n) is 7.33. The minimum atomic E-state index is -0.519. The quantitative estimate of drug-likeness (QED) is 0.644. The molecule has 0 spiro atoms. The second kappa shape index (κ2) is 9.30. The second-order valence-electron chi connectivity index (χ2n) is 5.88. The number of rotatable bonds is 4. The summed E-state index contributed by atoms with van der Waals surface area (Å²) in [6.45, 7) is 13.3. The fourth-order valence-corrected chi connectivity index (χ4v) is 4.12. The van der Waals surface area contributed by atoms with Gasteiger partial charge in [0.1, 0.15) is 0 Å². The molecule has 1 aliphatic carbocycles. The first-order chi connectivity index (χ1) is 9.43. The van der Waals surface area contributed by atoms with Crippen molar-refractivity contribution in [1.29, 1.82) is 0 Å². The molecule has 0 saturated heterocycles. The van der Waals surface area contributed by atoms with Gasteiger partial charge in [0.05, 0.1) is 0 Å². The average molecular weight is 377 g/mol. The van der Waals surface area contributed by atoms with Crippen LogP contribution in [-0.2, 0) is 22.9 Å². The van der Waals surface area contributed by atoms with E-state index in [4.69, 9.17) is 3.32 Å². The standard InChI is InChI=1S/C15H17.C3H7O.2ClH.Ti/c1-10-11(2)13(4)15(12(10)3)14-8-6-5-7-9-14;1-3(2)4;;;/h5-8,12H,1-4H3;3H,1-2H3;2*1H;/q;-1;;;+1. The van der Waals surface area contributed by atoms with Gasteiger partial charge in [0.25, 0.3) is 0 Å². The van der Waals surface area contributed by atoms with E-state index in [0.29, 0.717) is 12.0 Å². The van der Waals surface area contributed by atoms with Crippen LogP contribution in [0.4, 0.5) is 0 Å². The van der Waals surface area contributed by atoms with E-state index in [9.17, 15) is 0 Å². The van der Waals surface area contributed by atoms with Crippen LogP contribution in [0.2, 0.25) is 0 Å². The van der Waals surface area contributed by atoms with Gasteiger partial charge in [-0.1, -0.05) is 0 Å². The van der Waals surface area contributed by atoms with E-state index in [1.54, 1.807) is 0 Å². The molecule has 0 bridgehead atoms. The molecule has 1 aromatic carbocycles. The van der Waals surface area contributed by atoms with Crippen LogP contribution in [0.5, 0.6) is 0 Å². The van der Waals surface area contributed by atoms with Crippen molar-refractivity contribution >= 4 is 34.3 Å². The Labute approximate surface area is 156 Å². The Hall–Kier alpha value is -0.0457. The summed E-state index contributed by atoms with van der Waals surface area (Å²) in [6.07, 6.45) is 0.320. The molecule has 0 amide bonds. The van der Waals surface area contributed by atoms with Crippen LogP contribution in [0, 0.1) is 5.92 Å². The van der Waals surface area contributed by atoms with Crippen LogP contribution < -0.4 is 3.87 Å². The van der Waals surface area contributed by atoms with Crippen molar-refractivity contribution in [2.24, 2.45) is 5.92 Å². The van der Waals surface area contributed by atoms with E-state index in [2.05, 4.69) is 65.8 Å². The molecule has 0 fully saturated rings. The van der Waals surface area contributed by atoms with E-state index >= 15 is 0 Å². The van der Waals surface area contributed by atoms with Gasteiger partial charge in [-0.3, -0.25) is 0 Å². The second-order valence-corrected chi connectivity index (χ2v) is 7.41. The van der Waals surface area contributed by atoms with E-state index in [0.717, 1.165) is 0 Å². The summed E-state index contributed by atoms with van der Waals surface area (Å²) in [7, 11) is 0. The first kappa shape index (κ1) is 22.0. The minimum Gasteiger partial charge on any atom is -0.147 e. The molecule has 1 atom stereocenters. The Morgan fingerprint density at radius 1 is 1.00 bits per heavy atom. The molecule has 1 nitrogen and oxygen atoms in total. The maximum absolute atomic E-state index is 5.94. The van der Waals surface area contributed by atoms with Crippen molar-refractivity contribution in [3.8, 4) is 0 Å². The van der Waals surface area contributed by atoms with Crippen LogP contribution in [0.15, 0.2) is 41.0 Å². The van der Waals surface area contributed by atoms with Crippen LogP contribution in [-0.4, -0.2) is 6.10 Å². The minimum absolute atomic E-state index is 0. The van der Waals surface area contributed by atoms with Crippen molar-refractivity contribution in [2.45, 2.75) is 47.6 Å². The molecule has 22 heavy (non-hydrogen) atoms. The van der Waals surface area contributed by atoms with Crippen LogP contribution in [0.3, 0.4) is 0 Å². The molecule has 1 unspecified atom stereocenters. The molecule has 0 N–H and O–H groups in total. The molecule has 0 heterocycles. The summed E-state index contributed by atoms with van der Waals surface area (Å²) in [5.41, 5.74) is 7.35. The topological polar surface area (TPSA) is 9.23 Å². The van der Waals surface area contributed by atoms with Gasteiger partial charge < -0.3 is 0 Å². The average Bonchev–Trinajstić information content (AvgIpc) is 2.61. The monoisotopic (exact) mass is 376 g/mol. The van der Waals surface area contributed by atoms with E-state index < -0.39 is 19.5 Å². The molecule has 0 radical (unpaired) electrons. The maximum Gasteiger partial charge on any atom is -0.147 e. The third-order valence-corrected chi connectivity index (χ3v) is 6.21. The molecule has 0 aromatic heterocycles. The van der Waals surface area contributed by atoms with Gasteiger partial charge in [-0.2, -0.15) is 0 Å². The van der Waals surface area contributed by atoms with Crippen molar-refractivity contribution in [2.75, 3.05) is 0 Å². The van der Waals surface area contributed by atoms with Gasteiger partial charge in [-0.05, 0) is 0 Å². The van der Waals surface area contributed by atoms with Crippen molar-refractivity contribution < 1.29 is 22.9 Å². The van der Waals surface area contributed by atoms with Crippen molar-refractivity contribution in [1.82, 2.24) is 0 Å². The summed E-state index contributed by atoms with van der Waals surface area (Å²) in [4.78, 5) is 0. The predicted molar refractivity (Wildman–Crippen MR) is 96.9 cm³/mol. The summed E-state index contributed by atoms with van der Waals surface area (Å²) in [6, 6.07) is 8.79. The zero-order valence-electron chi connectivity index (χ0n) is 14.2. The van der Waals surface area contributed by atoms with Gasteiger partial charge in [0.2, 0.25) is 0 Å². The molecule has 1 aliphatic rings. The number of hydrogen-bond acceptors (Lipinski definition) is 1. The van der Waals surface area contributed by atoms with Gasteiger partial charge in [0, 0.05) is 0 Å². The SMILES string of the molecule is CC1=C(C)C(C)C(c2cccc[c]2[Ti][O]C(C)C)=C1C.Cl.Cl. The fraction of sp³-hybridized carbons (Fsp3) is 0.444. The van der Waals surface area contributed by atoms with E-state index in [-0.39, 0.29) is 24.8 Å². The summed E-state index contributed by atoms with van der Waals surface area (Å²) in [5, 5.41) is 0. The van der Waals surface area contributed by atoms with Gasteiger partial charge in [-0.15, -0.1) is 24.8 Å². The predicted octanol–water partition coefficient (Wildman–Crippen LogP) is 5.34. The smallest absolute Gasteiger partial charge is 0.147 e. The number of hydrogen-bond donors (Lipinski definition) is 0. The molecule has 0 saturated carbocycles. The largest absolute Gasteiger partial charge is 0.147 e. The summed E-state index contributed by atoms with van der Waals surface area (Å²) >= 11 is -0.519. The Morgan fingerprint density at radius 2 is 1.59 bits per heavy atom. The van der Waals surface area contributed by atoms with Crippen molar-refractivity contribution in [3.05, 3.63) is 46.5 Å². The van der Waals surface area contributed by atoms with E-state index in [1.165, 1.54) is 31.7 Å². The molecular formula is C18H26Cl2OTi. The van der Waals surface area contributed by atoms with Gasteiger partial charge in [0.15, 0.2) is 0 Å². The third kappa shape index (κ3) is 4.49. The number of benzene rings is 1. The molecular weight excluding hydrogens is 351 g/mol. The Bertz CT molecular complexity index is 576. The van der Waals surface area contributed by atoms with Crippen LogP contribution in [0.25, 0.3) is 5.57 Å². The first-order valence-corrected chi connectivity index (χ1v) is 8.74. The number of halogens is 2. The molecule has 122 valence electrons. The van der Waals surface area contributed by atoms with Gasteiger partial charge >= 0.3 is 132 Å². The Balaban J connectivity index is 0.00000220. The van der Waals surface area contributed by atoms with Crippen molar-refractivity contribution in [3.63, 3.8) is 0 Å². The Kier molecular flexibility index (Phi) is 9.28. The normalized spacial score (nSPS) is 17.5. The zero-order valence-corrected chi connectivity index (χ0v) is 17.4. The fourth-order valence-electron chi connectivity index (χ4n) is 2.79. The molecule has 2 rings (SSSR count). The summed E-state index contributed by atoms with van der Waals surface area (Å²) in [5.74, 6) is 0.529. The van der Waals surface area contributed by atoms with Crippen LogP contribution >= 0.6 is 24.8 Å². The summed E-state index contributed by atoms with van der Waals surface area (Å²) < 4.78 is 7.36. The zero-order chi connectivity index (χ0) is 14.9. The number of allylic oxidation sites excluding steroid dienone is 4. The molecule has 4 heteroatoms. The Morgan fingerprint density at radius 3 is 2.09 bits per heavy atom. The van der Waals surface area contributed by atoms with Gasteiger partial charge in [-0.25, -0.2) is 0 Å². The van der Waals surface area contributed by atoms with Crippen LogP contribution in [0.1, 0.15) is 47.1 Å². The molecule has 0 aliphatic heterocycles. The third-order valence-electron chi connectivity index (χ3n) is 4.26.